The van der Waals surface area contributed by atoms with Crippen LogP contribution in [-0.4, -0.2) is 39.6 Å². The summed E-state index contributed by atoms with van der Waals surface area (Å²) in [7, 11) is 0. The molecule has 2 aromatic carbocycles. The second-order valence-corrected chi connectivity index (χ2v) is 11.3. The van der Waals surface area contributed by atoms with Gasteiger partial charge in [0, 0.05) is 24.7 Å². The van der Waals surface area contributed by atoms with E-state index in [4.69, 9.17) is 0 Å². The minimum absolute atomic E-state index is 0.0321. The molecule has 0 radical (unpaired) electrons. The summed E-state index contributed by atoms with van der Waals surface area (Å²) in [5.41, 5.74) is 1.91. The SMILES string of the molecule is N#CC1(c2ccccc2)CCC(c2c(C(=O)N3CCC(O)(C4CC4)CC3)cnc3ccc(F)cc23)CC1. The highest BCUT2D eigenvalue weighted by Gasteiger charge is 2.46. The highest BCUT2D eigenvalue weighted by atomic mass is 19.1. The molecule has 6 heteroatoms. The van der Waals surface area contributed by atoms with Crippen molar-refractivity contribution in [2.45, 2.75) is 68.3 Å². The standard InChI is InChI=1S/C31H32FN3O2/c32-24-8-9-27-25(18-24)28(21-10-12-30(20-33,13-11-21)22-4-2-1-3-5-22)26(19-34-27)29(36)35-16-14-31(37,15-17-35)23-6-7-23/h1-5,8-9,18-19,21,23,37H,6-7,10-17H2. The highest BCUT2D eigenvalue weighted by Crippen LogP contribution is 2.48. The molecule has 1 aromatic heterocycles. The van der Waals surface area contributed by atoms with Gasteiger partial charge in [0.05, 0.1) is 28.2 Å². The number of amides is 1. The van der Waals surface area contributed by atoms with E-state index in [0.717, 1.165) is 36.8 Å². The summed E-state index contributed by atoms with van der Waals surface area (Å²) in [6.45, 7) is 1.03. The van der Waals surface area contributed by atoms with E-state index in [9.17, 15) is 19.6 Å². The molecule has 0 atom stereocenters. The number of likely N-dealkylation sites (tertiary alicyclic amines) is 1. The van der Waals surface area contributed by atoms with Crippen molar-refractivity contribution in [1.29, 1.82) is 5.26 Å². The molecule has 2 aliphatic carbocycles. The lowest BCUT2D eigenvalue weighted by Gasteiger charge is -2.39. The number of pyridine rings is 1. The van der Waals surface area contributed by atoms with Crippen LogP contribution >= 0.6 is 0 Å². The van der Waals surface area contributed by atoms with E-state index in [1.165, 1.54) is 12.1 Å². The third-order valence-corrected chi connectivity index (χ3v) is 9.14. The molecule has 3 aromatic rings. The minimum atomic E-state index is -0.647. The van der Waals surface area contributed by atoms with Crippen molar-refractivity contribution in [3.05, 3.63) is 77.2 Å². The maximum Gasteiger partial charge on any atom is 0.255 e. The Morgan fingerprint density at radius 3 is 2.38 bits per heavy atom. The Kier molecular flexibility index (Phi) is 6.00. The summed E-state index contributed by atoms with van der Waals surface area (Å²) in [4.78, 5) is 20.2. The second-order valence-electron chi connectivity index (χ2n) is 11.3. The molecule has 2 heterocycles. The zero-order valence-corrected chi connectivity index (χ0v) is 21.0. The van der Waals surface area contributed by atoms with Crippen LogP contribution in [0.3, 0.4) is 0 Å². The lowest BCUT2D eigenvalue weighted by molar-refractivity contribution is -0.0339. The van der Waals surface area contributed by atoms with Crippen LogP contribution in [0.5, 0.6) is 0 Å². The number of nitriles is 1. The molecule has 5 nitrogen and oxygen atoms in total. The molecule has 1 N–H and O–H groups in total. The average molecular weight is 498 g/mol. The maximum atomic E-state index is 14.4. The molecule has 3 fully saturated rings. The molecule has 0 bridgehead atoms. The molecule has 1 aliphatic heterocycles. The van der Waals surface area contributed by atoms with E-state index in [1.54, 1.807) is 12.3 Å². The van der Waals surface area contributed by atoms with E-state index in [0.29, 0.717) is 61.2 Å². The Morgan fingerprint density at radius 1 is 1.03 bits per heavy atom. The first-order valence-electron chi connectivity index (χ1n) is 13.5. The Bertz CT molecular complexity index is 1360. The van der Waals surface area contributed by atoms with Crippen LogP contribution in [-0.2, 0) is 5.41 Å². The fraction of sp³-hybridized carbons (Fsp3) is 0.452. The molecular weight excluding hydrogens is 465 g/mol. The van der Waals surface area contributed by atoms with Gasteiger partial charge in [-0.3, -0.25) is 9.78 Å². The van der Waals surface area contributed by atoms with E-state index >= 15 is 0 Å². The van der Waals surface area contributed by atoms with Crippen molar-refractivity contribution in [3.8, 4) is 6.07 Å². The van der Waals surface area contributed by atoms with Gasteiger partial charge in [-0.2, -0.15) is 5.26 Å². The zero-order chi connectivity index (χ0) is 25.6. The first kappa shape index (κ1) is 24.1. The van der Waals surface area contributed by atoms with Crippen molar-refractivity contribution in [2.24, 2.45) is 5.92 Å². The van der Waals surface area contributed by atoms with Gasteiger partial charge in [-0.25, -0.2) is 4.39 Å². The lowest BCUT2D eigenvalue weighted by Crippen LogP contribution is -2.48. The Hall–Kier alpha value is -3.30. The van der Waals surface area contributed by atoms with Gasteiger partial charge in [0.1, 0.15) is 5.82 Å². The third kappa shape index (κ3) is 4.30. The Labute approximate surface area is 216 Å². The number of carbonyl (C=O) groups excluding carboxylic acids is 1. The van der Waals surface area contributed by atoms with Gasteiger partial charge in [0.15, 0.2) is 0 Å². The molecular formula is C31H32FN3O2. The van der Waals surface area contributed by atoms with E-state index in [2.05, 4.69) is 11.1 Å². The van der Waals surface area contributed by atoms with Crippen LogP contribution in [0.1, 0.15) is 78.8 Å². The van der Waals surface area contributed by atoms with Gasteiger partial charge in [-0.05, 0) is 92.5 Å². The lowest BCUT2D eigenvalue weighted by atomic mass is 9.65. The van der Waals surface area contributed by atoms with E-state index in [1.807, 2.05) is 35.2 Å². The first-order chi connectivity index (χ1) is 17.9. The summed E-state index contributed by atoms with van der Waals surface area (Å²) in [6.07, 6.45) is 7.83. The molecule has 0 spiro atoms. The summed E-state index contributed by atoms with van der Waals surface area (Å²) < 4.78 is 14.4. The van der Waals surface area contributed by atoms with Gasteiger partial charge >= 0.3 is 0 Å². The molecule has 1 amide bonds. The predicted molar refractivity (Wildman–Crippen MR) is 139 cm³/mol. The topological polar surface area (TPSA) is 77.2 Å². The number of hydrogen-bond acceptors (Lipinski definition) is 4. The largest absolute Gasteiger partial charge is 0.389 e. The highest BCUT2D eigenvalue weighted by molar-refractivity contribution is 6.00. The molecule has 0 unspecified atom stereocenters. The molecule has 3 aliphatic rings. The fourth-order valence-corrected chi connectivity index (χ4v) is 6.71. The van der Waals surface area contributed by atoms with Crippen LogP contribution in [0.15, 0.2) is 54.7 Å². The van der Waals surface area contributed by atoms with E-state index < -0.39 is 11.0 Å². The van der Waals surface area contributed by atoms with Gasteiger partial charge in [0.2, 0.25) is 0 Å². The molecule has 6 rings (SSSR count). The number of rotatable bonds is 4. The first-order valence-corrected chi connectivity index (χ1v) is 13.5. The zero-order valence-electron chi connectivity index (χ0n) is 21.0. The van der Waals surface area contributed by atoms with Gasteiger partial charge < -0.3 is 10.0 Å². The molecule has 1 saturated heterocycles. The van der Waals surface area contributed by atoms with Crippen molar-refractivity contribution in [1.82, 2.24) is 9.88 Å². The molecule has 37 heavy (non-hydrogen) atoms. The van der Waals surface area contributed by atoms with Crippen molar-refractivity contribution >= 4 is 16.8 Å². The quantitative estimate of drug-likeness (QED) is 0.489. The van der Waals surface area contributed by atoms with Crippen molar-refractivity contribution in [3.63, 3.8) is 0 Å². The van der Waals surface area contributed by atoms with Crippen LogP contribution in [0.25, 0.3) is 10.9 Å². The van der Waals surface area contributed by atoms with Crippen LogP contribution < -0.4 is 0 Å². The predicted octanol–water partition coefficient (Wildman–Crippen LogP) is 5.87. The normalized spacial score (nSPS) is 25.5. The average Bonchev–Trinajstić information content (AvgIpc) is 3.80. The van der Waals surface area contributed by atoms with Gasteiger partial charge in [-0.15, -0.1) is 0 Å². The number of hydrogen-bond donors (Lipinski definition) is 1. The second kappa shape index (κ2) is 9.22. The minimum Gasteiger partial charge on any atom is -0.389 e. The van der Waals surface area contributed by atoms with Crippen molar-refractivity contribution in [2.75, 3.05) is 13.1 Å². The Morgan fingerprint density at radius 2 is 1.73 bits per heavy atom. The number of fused-ring (bicyclic) bond motifs is 1. The molecule has 190 valence electrons. The number of aliphatic hydroxyl groups is 1. The van der Waals surface area contributed by atoms with Crippen LogP contribution in [0.4, 0.5) is 4.39 Å². The summed E-state index contributed by atoms with van der Waals surface area (Å²) >= 11 is 0. The fourth-order valence-electron chi connectivity index (χ4n) is 6.71. The number of halogens is 1. The van der Waals surface area contributed by atoms with Gasteiger partial charge in [-0.1, -0.05) is 30.3 Å². The van der Waals surface area contributed by atoms with Crippen molar-refractivity contribution < 1.29 is 14.3 Å². The van der Waals surface area contributed by atoms with Crippen LogP contribution in [0.2, 0.25) is 0 Å². The Balaban J connectivity index is 1.32. The third-order valence-electron chi connectivity index (χ3n) is 9.14. The number of carbonyl (C=O) groups is 1. The summed E-state index contributed by atoms with van der Waals surface area (Å²) in [6, 6.07) is 17.1. The maximum absolute atomic E-state index is 14.4. The monoisotopic (exact) mass is 497 g/mol. The van der Waals surface area contributed by atoms with Gasteiger partial charge in [0.25, 0.3) is 5.91 Å². The molecule has 2 saturated carbocycles. The number of piperidine rings is 1. The summed E-state index contributed by atoms with van der Waals surface area (Å²) in [5, 5.41) is 21.8. The number of benzene rings is 2. The van der Waals surface area contributed by atoms with Crippen LogP contribution in [0, 0.1) is 23.1 Å². The smallest absolute Gasteiger partial charge is 0.255 e. The summed E-state index contributed by atoms with van der Waals surface area (Å²) in [5.74, 6) is -0.0340. The number of aromatic nitrogens is 1. The number of nitrogens with zero attached hydrogens (tertiary/aromatic N) is 3. The van der Waals surface area contributed by atoms with E-state index in [-0.39, 0.29) is 17.6 Å².